The Labute approximate surface area is 233 Å². The van der Waals surface area contributed by atoms with Gasteiger partial charge in [-0.15, -0.1) is 0 Å². The van der Waals surface area contributed by atoms with E-state index in [4.69, 9.17) is 18.9 Å². The normalized spacial score (nSPS) is 10.6. The molecule has 1 N–H and O–H groups in total. The van der Waals surface area contributed by atoms with Gasteiger partial charge >= 0.3 is 17.9 Å². The summed E-state index contributed by atoms with van der Waals surface area (Å²) in [6, 6.07) is 17.8. The van der Waals surface area contributed by atoms with E-state index in [9.17, 15) is 19.5 Å². The molecule has 3 aromatic carbocycles. The minimum Gasteiger partial charge on any atom is -0.508 e. The van der Waals surface area contributed by atoms with Gasteiger partial charge in [-0.05, 0) is 104 Å². The fourth-order valence-electron chi connectivity index (χ4n) is 3.52. The van der Waals surface area contributed by atoms with Crippen LogP contribution in [0.4, 0.5) is 0 Å². The standard InChI is InChI=1S/C32H32O8/c1-3-30(34)38-21-7-5-4-6-20-37-27-15-8-24(9-16-27)10-19-31(35)40-29-18-17-28(22-23(29)2)39-32(36)25-11-13-26(33)14-12-25/h3,8-19,22,33H,1,4-7,20-21H2,2H3/b19-10+. The number of benzene rings is 3. The van der Waals surface area contributed by atoms with Crippen LogP contribution in [0.3, 0.4) is 0 Å². The smallest absolute Gasteiger partial charge is 0.343 e. The van der Waals surface area contributed by atoms with Crippen LogP contribution in [0.2, 0.25) is 0 Å². The molecule has 0 aliphatic carbocycles. The lowest BCUT2D eigenvalue weighted by atomic mass is 10.2. The predicted octanol–water partition coefficient (Wildman–Crippen LogP) is 6.21. The number of phenols is 1. The van der Waals surface area contributed by atoms with Crippen molar-refractivity contribution in [3.05, 3.63) is 102 Å². The summed E-state index contributed by atoms with van der Waals surface area (Å²) in [6.07, 6.45) is 7.77. The Morgan fingerprint density at radius 3 is 2.15 bits per heavy atom. The summed E-state index contributed by atoms with van der Waals surface area (Å²) in [5.74, 6) is -0.0591. The molecule has 0 saturated carbocycles. The molecular formula is C32H32O8. The first-order valence-corrected chi connectivity index (χ1v) is 12.9. The molecule has 0 atom stereocenters. The van der Waals surface area contributed by atoms with Crippen LogP contribution in [-0.4, -0.2) is 36.2 Å². The van der Waals surface area contributed by atoms with Crippen molar-refractivity contribution in [1.82, 2.24) is 0 Å². The molecule has 0 aromatic heterocycles. The van der Waals surface area contributed by atoms with Crippen molar-refractivity contribution in [2.45, 2.75) is 32.6 Å². The average molecular weight is 545 g/mol. The summed E-state index contributed by atoms with van der Waals surface area (Å²) in [7, 11) is 0. The number of rotatable bonds is 14. The minimum absolute atomic E-state index is 0.0558. The SMILES string of the molecule is C=CC(=O)OCCCCCCOc1ccc(/C=C/C(=O)Oc2ccc(OC(=O)c3ccc(O)cc3)cc2C)cc1. The van der Waals surface area contributed by atoms with Gasteiger partial charge in [0, 0.05) is 12.2 Å². The Hall–Kier alpha value is -4.85. The number of hydrogen-bond donors (Lipinski definition) is 1. The molecule has 0 spiro atoms. The Bertz CT molecular complexity index is 1320. The molecule has 0 fully saturated rings. The Morgan fingerprint density at radius 2 is 1.48 bits per heavy atom. The van der Waals surface area contributed by atoms with Crippen molar-refractivity contribution in [3.63, 3.8) is 0 Å². The van der Waals surface area contributed by atoms with Gasteiger partial charge < -0.3 is 24.1 Å². The first kappa shape index (κ1) is 29.7. The minimum atomic E-state index is -0.566. The van der Waals surface area contributed by atoms with Crippen molar-refractivity contribution in [2.75, 3.05) is 13.2 Å². The Kier molecular flexibility index (Phi) is 11.5. The molecule has 0 aliphatic heterocycles. The molecule has 0 bridgehead atoms. The van der Waals surface area contributed by atoms with Crippen molar-refractivity contribution in [1.29, 1.82) is 0 Å². The molecule has 0 radical (unpaired) electrons. The van der Waals surface area contributed by atoms with Crippen LogP contribution in [0.25, 0.3) is 6.08 Å². The zero-order chi connectivity index (χ0) is 28.7. The summed E-state index contributed by atoms with van der Waals surface area (Å²) >= 11 is 0. The number of hydrogen-bond acceptors (Lipinski definition) is 8. The summed E-state index contributed by atoms with van der Waals surface area (Å²) in [5.41, 5.74) is 1.73. The third kappa shape index (κ3) is 10.1. The largest absolute Gasteiger partial charge is 0.508 e. The van der Waals surface area contributed by atoms with Crippen molar-refractivity contribution < 1.29 is 38.4 Å². The van der Waals surface area contributed by atoms with Gasteiger partial charge in [-0.2, -0.15) is 0 Å². The monoisotopic (exact) mass is 544 g/mol. The van der Waals surface area contributed by atoms with Crippen LogP contribution in [0, 0.1) is 6.92 Å². The molecule has 208 valence electrons. The van der Waals surface area contributed by atoms with Crippen molar-refractivity contribution in [3.8, 4) is 23.0 Å². The van der Waals surface area contributed by atoms with E-state index in [1.54, 1.807) is 25.1 Å². The van der Waals surface area contributed by atoms with Gasteiger partial charge in [0.25, 0.3) is 0 Å². The molecule has 0 aliphatic rings. The maximum atomic E-state index is 12.3. The van der Waals surface area contributed by atoms with Gasteiger partial charge in [-0.3, -0.25) is 0 Å². The first-order chi connectivity index (χ1) is 19.3. The van der Waals surface area contributed by atoms with E-state index in [0.29, 0.717) is 35.8 Å². The van der Waals surface area contributed by atoms with Crippen molar-refractivity contribution >= 4 is 24.0 Å². The highest BCUT2D eigenvalue weighted by atomic mass is 16.5. The lowest BCUT2D eigenvalue weighted by Gasteiger charge is -2.09. The fourth-order valence-corrected chi connectivity index (χ4v) is 3.52. The zero-order valence-corrected chi connectivity index (χ0v) is 22.3. The highest BCUT2D eigenvalue weighted by Crippen LogP contribution is 2.25. The van der Waals surface area contributed by atoms with E-state index in [1.807, 2.05) is 24.3 Å². The van der Waals surface area contributed by atoms with Crippen LogP contribution in [0.15, 0.2) is 85.5 Å². The highest BCUT2D eigenvalue weighted by molar-refractivity contribution is 5.91. The molecule has 0 unspecified atom stereocenters. The first-order valence-electron chi connectivity index (χ1n) is 12.9. The average Bonchev–Trinajstić information content (AvgIpc) is 2.95. The fraction of sp³-hybridized carbons (Fsp3) is 0.219. The topological polar surface area (TPSA) is 108 Å². The molecule has 8 nitrogen and oxygen atoms in total. The van der Waals surface area contributed by atoms with E-state index >= 15 is 0 Å². The van der Waals surface area contributed by atoms with Crippen molar-refractivity contribution in [2.24, 2.45) is 0 Å². The molecule has 3 aromatic rings. The second-order valence-corrected chi connectivity index (χ2v) is 8.82. The number of unbranched alkanes of at least 4 members (excludes halogenated alkanes) is 3. The van der Waals surface area contributed by atoms with E-state index in [2.05, 4.69) is 6.58 Å². The molecule has 0 heterocycles. The lowest BCUT2D eigenvalue weighted by Crippen LogP contribution is -2.09. The predicted molar refractivity (Wildman–Crippen MR) is 150 cm³/mol. The summed E-state index contributed by atoms with van der Waals surface area (Å²) in [6.45, 7) is 6.08. The van der Waals surface area contributed by atoms with Crippen LogP contribution < -0.4 is 14.2 Å². The van der Waals surface area contributed by atoms with Gasteiger partial charge in [-0.25, -0.2) is 14.4 Å². The van der Waals surface area contributed by atoms with E-state index in [1.165, 1.54) is 36.4 Å². The number of phenolic OH excluding ortho intramolecular Hbond substituents is 1. The second-order valence-electron chi connectivity index (χ2n) is 8.82. The maximum Gasteiger partial charge on any atom is 0.343 e. The number of carbonyl (C=O) groups excluding carboxylic acids is 3. The number of aryl methyl sites for hydroxylation is 1. The quantitative estimate of drug-likeness (QED) is 0.110. The number of carbonyl (C=O) groups is 3. The van der Waals surface area contributed by atoms with Gasteiger partial charge in [0.05, 0.1) is 18.8 Å². The van der Waals surface area contributed by atoms with Crippen LogP contribution >= 0.6 is 0 Å². The lowest BCUT2D eigenvalue weighted by molar-refractivity contribution is -0.137. The van der Waals surface area contributed by atoms with E-state index < -0.39 is 17.9 Å². The molecular weight excluding hydrogens is 512 g/mol. The Balaban J connectivity index is 1.39. The molecule has 0 saturated heterocycles. The maximum absolute atomic E-state index is 12.3. The summed E-state index contributed by atoms with van der Waals surface area (Å²) in [4.78, 5) is 35.5. The zero-order valence-electron chi connectivity index (χ0n) is 22.3. The second kappa shape index (κ2) is 15.5. The van der Waals surface area contributed by atoms with Gasteiger partial charge in [-0.1, -0.05) is 18.7 Å². The van der Waals surface area contributed by atoms with E-state index in [-0.39, 0.29) is 5.75 Å². The highest BCUT2D eigenvalue weighted by Gasteiger charge is 2.11. The Morgan fingerprint density at radius 1 is 0.800 bits per heavy atom. The van der Waals surface area contributed by atoms with Gasteiger partial charge in [0.1, 0.15) is 23.0 Å². The van der Waals surface area contributed by atoms with Gasteiger partial charge in [0.2, 0.25) is 0 Å². The molecule has 40 heavy (non-hydrogen) atoms. The van der Waals surface area contributed by atoms with Crippen LogP contribution in [0.5, 0.6) is 23.0 Å². The van der Waals surface area contributed by atoms with Gasteiger partial charge in [0.15, 0.2) is 0 Å². The third-order valence-corrected chi connectivity index (χ3v) is 5.68. The molecule has 3 rings (SSSR count). The number of esters is 3. The van der Waals surface area contributed by atoms with Crippen LogP contribution in [0.1, 0.15) is 47.2 Å². The molecule has 8 heteroatoms. The third-order valence-electron chi connectivity index (χ3n) is 5.68. The van der Waals surface area contributed by atoms with Crippen LogP contribution in [-0.2, 0) is 14.3 Å². The number of aromatic hydroxyl groups is 1. The summed E-state index contributed by atoms with van der Waals surface area (Å²) < 4.78 is 21.5. The summed E-state index contributed by atoms with van der Waals surface area (Å²) in [5, 5.41) is 9.34. The number of ether oxygens (including phenoxy) is 4. The molecule has 0 amide bonds. The van der Waals surface area contributed by atoms with E-state index in [0.717, 1.165) is 43.1 Å².